The first kappa shape index (κ1) is 10.7. The van der Waals surface area contributed by atoms with Crippen LogP contribution >= 0.6 is 0 Å². The van der Waals surface area contributed by atoms with Gasteiger partial charge in [0.1, 0.15) is 11.6 Å². The molecule has 0 aromatic rings. The molecule has 0 atom stereocenters. The first-order valence-electron chi connectivity index (χ1n) is 4.03. The minimum absolute atomic E-state index is 0.103. The normalized spacial score (nSPS) is 10.6. The highest BCUT2D eigenvalue weighted by Crippen LogP contribution is 1.98. The van der Waals surface area contributed by atoms with Crippen LogP contribution in [0.1, 0.15) is 26.7 Å². The van der Waals surface area contributed by atoms with Crippen molar-refractivity contribution in [3.05, 3.63) is 11.6 Å². The van der Waals surface area contributed by atoms with Crippen LogP contribution in [0.15, 0.2) is 11.6 Å². The maximum Gasteiger partial charge on any atom is 0.348 e. The Bertz CT molecular complexity index is 213. The predicted octanol–water partition coefficient (Wildman–Crippen LogP) is 1.80. The van der Waals surface area contributed by atoms with Crippen molar-refractivity contribution in [3.63, 3.8) is 0 Å². The van der Waals surface area contributed by atoms with E-state index in [4.69, 9.17) is 10.00 Å². The van der Waals surface area contributed by atoms with Crippen LogP contribution in [-0.4, -0.2) is 12.6 Å². The number of esters is 1. The highest BCUT2D eigenvalue weighted by atomic mass is 16.5. The van der Waals surface area contributed by atoms with Gasteiger partial charge in [-0.3, -0.25) is 0 Å². The van der Waals surface area contributed by atoms with Gasteiger partial charge in [0.15, 0.2) is 0 Å². The largest absolute Gasteiger partial charge is 0.462 e. The fourth-order valence-electron chi connectivity index (χ4n) is 0.651. The summed E-state index contributed by atoms with van der Waals surface area (Å²) in [6.45, 7) is 4.15. The van der Waals surface area contributed by atoms with Crippen LogP contribution in [-0.2, 0) is 9.53 Å². The Balaban J connectivity index is 4.07. The molecule has 0 spiro atoms. The minimum atomic E-state index is -0.513. The van der Waals surface area contributed by atoms with Gasteiger partial charge in [0.05, 0.1) is 6.61 Å². The number of hydrogen-bond acceptors (Lipinski definition) is 3. The van der Waals surface area contributed by atoms with Gasteiger partial charge in [-0.25, -0.2) is 4.79 Å². The second-order valence-corrected chi connectivity index (χ2v) is 2.27. The number of nitrogens with zero attached hydrogens (tertiary/aromatic N) is 1. The van der Waals surface area contributed by atoms with Crippen molar-refractivity contribution in [1.29, 1.82) is 5.26 Å². The molecule has 0 saturated carbocycles. The van der Waals surface area contributed by atoms with Crippen LogP contribution in [0.2, 0.25) is 0 Å². The zero-order valence-corrected chi connectivity index (χ0v) is 7.46. The molecule has 12 heavy (non-hydrogen) atoms. The first-order valence-corrected chi connectivity index (χ1v) is 4.03. The summed E-state index contributed by atoms with van der Waals surface area (Å²) in [6.07, 6.45) is 3.01. The lowest BCUT2D eigenvalue weighted by atomic mass is 10.2. The summed E-state index contributed by atoms with van der Waals surface area (Å²) in [4.78, 5) is 11.0. The Labute approximate surface area is 72.6 Å². The SMILES string of the molecule is CCC=C(C#N)C(=O)OCCC. The Kier molecular flexibility index (Phi) is 5.72. The predicted molar refractivity (Wildman–Crippen MR) is 45.2 cm³/mol. The standard InChI is InChI=1S/C9H13NO2/c1-3-5-8(7-10)9(11)12-6-4-2/h5H,3-4,6H2,1-2H3. The monoisotopic (exact) mass is 167 g/mol. The second kappa shape index (κ2) is 6.41. The fourth-order valence-corrected chi connectivity index (χ4v) is 0.651. The molecule has 0 saturated heterocycles. The fraction of sp³-hybridized carbons (Fsp3) is 0.556. The van der Waals surface area contributed by atoms with E-state index in [9.17, 15) is 4.79 Å². The molecule has 0 amide bonds. The average Bonchev–Trinajstić information content (AvgIpc) is 2.10. The first-order chi connectivity index (χ1) is 5.76. The quantitative estimate of drug-likeness (QED) is 0.364. The molecule has 0 aliphatic rings. The number of allylic oxidation sites excluding steroid dienone is 1. The van der Waals surface area contributed by atoms with Crippen LogP contribution < -0.4 is 0 Å². The van der Waals surface area contributed by atoms with Gasteiger partial charge in [0.25, 0.3) is 0 Å². The Morgan fingerprint density at radius 2 is 2.25 bits per heavy atom. The molecule has 0 aromatic heterocycles. The molecule has 3 heteroatoms. The lowest BCUT2D eigenvalue weighted by Crippen LogP contribution is -2.07. The molecule has 0 aromatic carbocycles. The number of rotatable bonds is 4. The van der Waals surface area contributed by atoms with Crippen molar-refractivity contribution in [2.45, 2.75) is 26.7 Å². The topological polar surface area (TPSA) is 50.1 Å². The summed E-state index contributed by atoms with van der Waals surface area (Å²) in [5.74, 6) is -0.513. The molecule has 0 radical (unpaired) electrons. The Morgan fingerprint density at radius 1 is 1.58 bits per heavy atom. The van der Waals surface area contributed by atoms with E-state index in [-0.39, 0.29) is 5.57 Å². The third-order valence-corrected chi connectivity index (χ3v) is 1.19. The summed E-state index contributed by atoms with van der Waals surface area (Å²) in [6, 6.07) is 1.80. The molecule has 0 bridgehead atoms. The molecule has 3 nitrogen and oxygen atoms in total. The van der Waals surface area contributed by atoms with E-state index < -0.39 is 5.97 Å². The third kappa shape index (κ3) is 3.77. The molecular weight excluding hydrogens is 154 g/mol. The van der Waals surface area contributed by atoms with Crippen LogP contribution in [0, 0.1) is 11.3 Å². The smallest absolute Gasteiger partial charge is 0.348 e. The van der Waals surface area contributed by atoms with Gasteiger partial charge in [-0.2, -0.15) is 5.26 Å². The van der Waals surface area contributed by atoms with Crippen molar-refractivity contribution in [3.8, 4) is 6.07 Å². The highest BCUT2D eigenvalue weighted by molar-refractivity contribution is 5.92. The molecule has 0 heterocycles. The number of carbonyl (C=O) groups is 1. The van der Waals surface area contributed by atoms with Crippen molar-refractivity contribution < 1.29 is 9.53 Å². The summed E-state index contributed by atoms with van der Waals surface area (Å²) >= 11 is 0. The number of nitriles is 1. The van der Waals surface area contributed by atoms with E-state index in [1.807, 2.05) is 13.8 Å². The average molecular weight is 167 g/mol. The maximum atomic E-state index is 11.0. The van der Waals surface area contributed by atoms with Gasteiger partial charge in [0, 0.05) is 0 Å². The number of carbonyl (C=O) groups excluding carboxylic acids is 1. The molecule has 0 aliphatic carbocycles. The molecule has 0 rings (SSSR count). The summed E-state index contributed by atoms with van der Waals surface area (Å²) in [7, 11) is 0. The third-order valence-electron chi connectivity index (χ3n) is 1.19. The molecule has 0 fully saturated rings. The zero-order chi connectivity index (χ0) is 9.40. The van der Waals surface area contributed by atoms with Gasteiger partial charge >= 0.3 is 5.97 Å². The molecular formula is C9H13NO2. The molecule has 0 unspecified atom stereocenters. The van der Waals surface area contributed by atoms with Crippen molar-refractivity contribution in [2.24, 2.45) is 0 Å². The molecule has 66 valence electrons. The molecule has 0 aliphatic heterocycles. The summed E-state index contributed by atoms with van der Waals surface area (Å²) in [5, 5.41) is 8.51. The Morgan fingerprint density at radius 3 is 2.67 bits per heavy atom. The highest BCUT2D eigenvalue weighted by Gasteiger charge is 2.07. The Hall–Kier alpha value is -1.30. The number of ether oxygens (including phenoxy) is 1. The van der Waals surface area contributed by atoms with Gasteiger partial charge in [0.2, 0.25) is 0 Å². The van der Waals surface area contributed by atoms with Gasteiger partial charge in [-0.05, 0) is 12.8 Å². The summed E-state index contributed by atoms with van der Waals surface area (Å²) in [5.41, 5.74) is 0.103. The minimum Gasteiger partial charge on any atom is -0.462 e. The lowest BCUT2D eigenvalue weighted by Gasteiger charge is -1.99. The van der Waals surface area contributed by atoms with Crippen LogP contribution in [0.3, 0.4) is 0 Å². The van der Waals surface area contributed by atoms with Crippen LogP contribution in [0.4, 0.5) is 0 Å². The van der Waals surface area contributed by atoms with Crippen molar-refractivity contribution in [1.82, 2.24) is 0 Å². The van der Waals surface area contributed by atoms with Gasteiger partial charge < -0.3 is 4.74 Å². The van der Waals surface area contributed by atoms with E-state index in [0.717, 1.165) is 6.42 Å². The van der Waals surface area contributed by atoms with Crippen molar-refractivity contribution in [2.75, 3.05) is 6.61 Å². The van der Waals surface area contributed by atoms with Crippen LogP contribution in [0.25, 0.3) is 0 Å². The number of hydrogen-bond donors (Lipinski definition) is 0. The van der Waals surface area contributed by atoms with E-state index in [1.54, 1.807) is 12.1 Å². The van der Waals surface area contributed by atoms with E-state index in [2.05, 4.69) is 0 Å². The zero-order valence-electron chi connectivity index (χ0n) is 7.46. The van der Waals surface area contributed by atoms with Crippen LogP contribution in [0.5, 0.6) is 0 Å². The van der Waals surface area contributed by atoms with Gasteiger partial charge in [-0.1, -0.05) is 19.9 Å². The summed E-state index contributed by atoms with van der Waals surface area (Å²) < 4.78 is 4.77. The molecule has 0 N–H and O–H groups in total. The van der Waals surface area contributed by atoms with Crippen molar-refractivity contribution >= 4 is 5.97 Å². The van der Waals surface area contributed by atoms with E-state index >= 15 is 0 Å². The van der Waals surface area contributed by atoms with E-state index in [1.165, 1.54) is 0 Å². The van der Waals surface area contributed by atoms with Gasteiger partial charge in [-0.15, -0.1) is 0 Å². The maximum absolute atomic E-state index is 11.0. The lowest BCUT2D eigenvalue weighted by molar-refractivity contribution is -0.138. The second-order valence-electron chi connectivity index (χ2n) is 2.27. The van der Waals surface area contributed by atoms with E-state index in [0.29, 0.717) is 13.0 Å².